The van der Waals surface area contributed by atoms with E-state index in [1.807, 2.05) is 6.07 Å². The second-order valence-electron chi connectivity index (χ2n) is 4.20. The normalized spacial score (nSPS) is 19.7. The molecule has 88 valence electrons. The summed E-state index contributed by atoms with van der Waals surface area (Å²) in [6.07, 6.45) is 1.16. The quantitative estimate of drug-likeness (QED) is 0.829. The summed E-state index contributed by atoms with van der Waals surface area (Å²) in [6, 6.07) is 6.80. The second-order valence-corrected chi connectivity index (χ2v) is 4.20. The monoisotopic (exact) mass is 220 g/mol. The van der Waals surface area contributed by atoms with E-state index in [2.05, 4.69) is 36.2 Å². The summed E-state index contributed by atoms with van der Waals surface area (Å²) in [7, 11) is 1.72. The molecule has 1 N–H and O–H groups in total. The van der Waals surface area contributed by atoms with Gasteiger partial charge >= 0.3 is 0 Å². The lowest BCUT2D eigenvalue weighted by Gasteiger charge is -2.29. The van der Waals surface area contributed by atoms with Crippen LogP contribution in [0.2, 0.25) is 0 Å². The first-order valence-corrected chi connectivity index (χ1v) is 5.95. The van der Waals surface area contributed by atoms with Gasteiger partial charge in [0.25, 0.3) is 0 Å². The van der Waals surface area contributed by atoms with E-state index in [1.165, 1.54) is 5.69 Å². The Bertz CT molecular complexity index is 365. The molecule has 1 heterocycles. The summed E-state index contributed by atoms with van der Waals surface area (Å²) < 4.78 is 5.41. The minimum Gasteiger partial charge on any atom is -0.495 e. The minimum atomic E-state index is 0.575. The molecule has 1 atom stereocenters. The fraction of sp³-hybridized carbons (Fsp3) is 0.538. The zero-order valence-corrected chi connectivity index (χ0v) is 10.3. The van der Waals surface area contributed by atoms with E-state index < -0.39 is 0 Å². The number of hydrogen-bond donors (Lipinski definition) is 1. The highest BCUT2D eigenvalue weighted by Gasteiger charge is 2.21. The summed E-state index contributed by atoms with van der Waals surface area (Å²) >= 11 is 0. The van der Waals surface area contributed by atoms with Crippen LogP contribution in [0.25, 0.3) is 0 Å². The first kappa shape index (κ1) is 11.1. The van der Waals surface area contributed by atoms with Crippen LogP contribution in [0.3, 0.4) is 0 Å². The maximum Gasteiger partial charge on any atom is 0.144 e. The number of anilines is 2. The van der Waals surface area contributed by atoms with Crippen LogP contribution in [0.1, 0.15) is 20.3 Å². The molecule has 0 amide bonds. The standard InChI is InChI=1S/C13H20N2O/c1-4-15-10(2)8-9-14-13-11(15)6-5-7-12(13)16-3/h5-7,10,14H,4,8-9H2,1-3H3. The summed E-state index contributed by atoms with van der Waals surface area (Å²) in [4.78, 5) is 2.43. The van der Waals surface area contributed by atoms with Crippen molar-refractivity contribution in [2.24, 2.45) is 0 Å². The van der Waals surface area contributed by atoms with E-state index in [-0.39, 0.29) is 0 Å². The number of para-hydroxylation sites is 1. The lowest BCUT2D eigenvalue weighted by Crippen LogP contribution is -2.32. The Morgan fingerprint density at radius 1 is 1.50 bits per heavy atom. The van der Waals surface area contributed by atoms with Crippen molar-refractivity contribution in [3.05, 3.63) is 18.2 Å². The molecule has 0 bridgehead atoms. The van der Waals surface area contributed by atoms with Crippen LogP contribution in [0.5, 0.6) is 5.75 Å². The minimum absolute atomic E-state index is 0.575. The van der Waals surface area contributed by atoms with Gasteiger partial charge in [-0.1, -0.05) is 6.07 Å². The summed E-state index contributed by atoms with van der Waals surface area (Å²) in [6.45, 7) is 6.51. The van der Waals surface area contributed by atoms with Crippen molar-refractivity contribution in [1.29, 1.82) is 0 Å². The Balaban J connectivity index is 2.47. The molecule has 1 aliphatic heterocycles. The highest BCUT2D eigenvalue weighted by Crippen LogP contribution is 2.37. The van der Waals surface area contributed by atoms with Gasteiger partial charge < -0.3 is 15.0 Å². The molecule has 1 unspecified atom stereocenters. The molecular weight excluding hydrogens is 200 g/mol. The molecule has 0 saturated heterocycles. The zero-order chi connectivity index (χ0) is 11.5. The molecule has 0 fully saturated rings. The van der Waals surface area contributed by atoms with Gasteiger partial charge in [-0.3, -0.25) is 0 Å². The molecule has 2 rings (SSSR count). The lowest BCUT2D eigenvalue weighted by molar-refractivity contribution is 0.416. The van der Waals surface area contributed by atoms with E-state index in [9.17, 15) is 0 Å². The van der Waals surface area contributed by atoms with Gasteiger partial charge in [-0.05, 0) is 32.4 Å². The van der Waals surface area contributed by atoms with Crippen LogP contribution in [-0.4, -0.2) is 26.2 Å². The van der Waals surface area contributed by atoms with Crippen LogP contribution >= 0.6 is 0 Å². The maximum atomic E-state index is 5.41. The lowest BCUT2D eigenvalue weighted by atomic mass is 10.2. The predicted octanol–water partition coefficient (Wildman–Crippen LogP) is 2.73. The number of fused-ring (bicyclic) bond motifs is 1. The fourth-order valence-electron chi connectivity index (χ4n) is 2.39. The molecule has 0 aliphatic carbocycles. The number of ether oxygens (including phenoxy) is 1. The molecule has 0 saturated carbocycles. The van der Waals surface area contributed by atoms with Gasteiger partial charge in [-0.2, -0.15) is 0 Å². The van der Waals surface area contributed by atoms with Gasteiger partial charge in [0.1, 0.15) is 11.4 Å². The number of methoxy groups -OCH3 is 1. The first-order chi connectivity index (χ1) is 7.77. The van der Waals surface area contributed by atoms with Gasteiger partial charge in [0.05, 0.1) is 12.8 Å². The van der Waals surface area contributed by atoms with Gasteiger partial charge in [-0.15, -0.1) is 0 Å². The molecule has 1 aliphatic rings. The van der Waals surface area contributed by atoms with Gasteiger partial charge in [0, 0.05) is 19.1 Å². The highest BCUT2D eigenvalue weighted by molar-refractivity contribution is 5.77. The molecular formula is C13H20N2O. The van der Waals surface area contributed by atoms with E-state index in [4.69, 9.17) is 4.74 Å². The van der Waals surface area contributed by atoms with E-state index >= 15 is 0 Å². The van der Waals surface area contributed by atoms with Crippen LogP contribution in [0, 0.1) is 0 Å². The molecule has 16 heavy (non-hydrogen) atoms. The molecule has 1 aromatic rings. The topological polar surface area (TPSA) is 24.5 Å². The fourth-order valence-corrected chi connectivity index (χ4v) is 2.39. The third kappa shape index (κ3) is 1.82. The zero-order valence-electron chi connectivity index (χ0n) is 10.3. The summed E-state index contributed by atoms with van der Waals surface area (Å²) in [5, 5.41) is 3.47. The average molecular weight is 220 g/mol. The second kappa shape index (κ2) is 4.64. The average Bonchev–Trinajstić information content (AvgIpc) is 2.46. The van der Waals surface area contributed by atoms with Gasteiger partial charge in [-0.25, -0.2) is 0 Å². The van der Waals surface area contributed by atoms with Gasteiger partial charge in [0.15, 0.2) is 0 Å². The SMILES string of the molecule is CCN1c2cccc(OC)c2NCCC1C. The number of nitrogens with zero attached hydrogens (tertiary/aromatic N) is 1. The molecule has 1 aromatic carbocycles. The van der Waals surface area contributed by atoms with E-state index in [0.717, 1.165) is 30.9 Å². The molecule has 0 spiro atoms. The van der Waals surface area contributed by atoms with Crippen molar-refractivity contribution < 1.29 is 4.74 Å². The molecule has 0 radical (unpaired) electrons. The van der Waals surface area contributed by atoms with Crippen molar-refractivity contribution in [1.82, 2.24) is 0 Å². The van der Waals surface area contributed by atoms with Crippen molar-refractivity contribution in [3.63, 3.8) is 0 Å². The van der Waals surface area contributed by atoms with Crippen molar-refractivity contribution in [2.75, 3.05) is 30.4 Å². The van der Waals surface area contributed by atoms with Gasteiger partial charge in [0.2, 0.25) is 0 Å². The largest absolute Gasteiger partial charge is 0.495 e. The first-order valence-electron chi connectivity index (χ1n) is 5.95. The summed E-state index contributed by atoms with van der Waals surface area (Å²) in [5.41, 5.74) is 2.39. The van der Waals surface area contributed by atoms with Crippen LogP contribution in [0.4, 0.5) is 11.4 Å². The van der Waals surface area contributed by atoms with Crippen LogP contribution in [0.15, 0.2) is 18.2 Å². The van der Waals surface area contributed by atoms with E-state index in [0.29, 0.717) is 6.04 Å². The maximum absolute atomic E-state index is 5.41. The van der Waals surface area contributed by atoms with Crippen molar-refractivity contribution >= 4 is 11.4 Å². The Morgan fingerprint density at radius 2 is 2.31 bits per heavy atom. The molecule has 3 nitrogen and oxygen atoms in total. The Kier molecular flexibility index (Phi) is 3.22. The van der Waals surface area contributed by atoms with Crippen molar-refractivity contribution in [2.45, 2.75) is 26.3 Å². The third-order valence-corrected chi connectivity index (χ3v) is 3.27. The molecule has 0 aromatic heterocycles. The highest BCUT2D eigenvalue weighted by atomic mass is 16.5. The van der Waals surface area contributed by atoms with Crippen LogP contribution < -0.4 is 15.0 Å². The summed E-state index contributed by atoms with van der Waals surface area (Å²) in [5.74, 6) is 0.935. The number of hydrogen-bond acceptors (Lipinski definition) is 3. The molecule has 3 heteroatoms. The Morgan fingerprint density at radius 3 is 3.00 bits per heavy atom. The third-order valence-electron chi connectivity index (χ3n) is 3.27. The smallest absolute Gasteiger partial charge is 0.144 e. The number of rotatable bonds is 2. The Hall–Kier alpha value is -1.38. The number of nitrogens with one attached hydrogen (secondary N) is 1. The predicted molar refractivity (Wildman–Crippen MR) is 68.6 cm³/mol. The van der Waals surface area contributed by atoms with Crippen molar-refractivity contribution in [3.8, 4) is 5.75 Å². The van der Waals surface area contributed by atoms with E-state index in [1.54, 1.807) is 7.11 Å². The number of benzene rings is 1. The van der Waals surface area contributed by atoms with Crippen LogP contribution in [-0.2, 0) is 0 Å². The Labute approximate surface area is 97.4 Å².